The summed E-state index contributed by atoms with van der Waals surface area (Å²) in [6.07, 6.45) is 3.21. The Labute approximate surface area is 117 Å². The monoisotopic (exact) mass is 283 g/mol. The topological polar surface area (TPSA) is 60.2 Å². The van der Waals surface area contributed by atoms with Crippen molar-refractivity contribution >= 4 is 17.8 Å². The summed E-state index contributed by atoms with van der Waals surface area (Å²) < 4.78 is 11.3. The first-order chi connectivity index (χ1) is 9.17. The summed E-state index contributed by atoms with van der Waals surface area (Å²) in [4.78, 5) is 4.38. The molecule has 6 heteroatoms. The van der Waals surface area contributed by atoms with Gasteiger partial charge >= 0.3 is 6.01 Å². The van der Waals surface area contributed by atoms with E-state index in [1.165, 1.54) is 5.75 Å². The minimum Gasteiger partial charge on any atom is -0.374 e. The smallest absolute Gasteiger partial charge is 0.321 e. The van der Waals surface area contributed by atoms with E-state index in [-0.39, 0.29) is 5.60 Å². The molecule has 2 atom stereocenters. The minimum atomic E-state index is 0.0848. The van der Waals surface area contributed by atoms with Gasteiger partial charge in [-0.3, -0.25) is 0 Å². The lowest BCUT2D eigenvalue weighted by Gasteiger charge is -2.37. The lowest BCUT2D eigenvalue weighted by Crippen LogP contribution is -2.44. The van der Waals surface area contributed by atoms with Crippen molar-refractivity contribution in [2.75, 3.05) is 23.4 Å². The first-order valence-corrected chi connectivity index (χ1v) is 8.14. The van der Waals surface area contributed by atoms with Crippen LogP contribution in [0.4, 0.5) is 6.01 Å². The second-order valence-corrected chi connectivity index (χ2v) is 6.89. The van der Waals surface area contributed by atoms with Gasteiger partial charge in [0.15, 0.2) is 5.82 Å². The van der Waals surface area contributed by atoms with E-state index in [9.17, 15) is 0 Å². The van der Waals surface area contributed by atoms with Gasteiger partial charge in [-0.15, -0.1) is 0 Å². The largest absolute Gasteiger partial charge is 0.374 e. The molecule has 1 spiro atoms. The molecule has 0 radical (unpaired) electrons. The quantitative estimate of drug-likeness (QED) is 0.920. The van der Waals surface area contributed by atoms with Crippen LogP contribution in [0.15, 0.2) is 4.52 Å². The van der Waals surface area contributed by atoms with E-state index in [0.29, 0.717) is 18.0 Å². The Hall–Kier alpha value is -0.750. The predicted molar refractivity (Wildman–Crippen MR) is 75.7 cm³/mol. The molecule has 19 heavy (non-hydrogen) atoms. The van der Waals surface area contributed by atoms with Crippen LogP contribution in [0.5, 0.6) is 0 Å². The van der Waals surface area contributed by atoms with Crippen LogP contribution in [0.25, 0.3) is 0 Å². The molecule has 1 aromatic heterocycles. The molecule has 1 N–H and O–H groups in total. The van der Waals surface area contributed by atoms with Crippen molar-refractivity contribution in [3.8, 4) is 0 Å². The van der Waals surface area contributed by atoms with Gasteiger partial charge in [0.25, 0.3) is 0 Å². The third kappa shape index (κ3) is 2.89. The van der Waals surface area contributed by atoms with Crippen LogP contribution < -0.4 is 5.32 Å². The number of thioether (sulfide) groups is 1. The van der Waals surface area contributed by atoms with E-state index in [0.717, 1.165) is 37.4 Å². The Bertz CT molecular complexity index is 429. The fraction of sp³-hybridized carbons (Fsp3) is 0.846. The van der Waals surface area contributed by atoms with Crippen molar-refractivity contribution in [1.82, 2.24) is 10.1 Å². The Morgan fingerprint density at radius 3 is 3.05 bits per heavy atom. The molecule has 3 rings (SSSR count). The summed E-state index contributed by atoms with van der Waals surface area (Å²) in [5.74, 6) is 3.39. The molecule has 0 saturated carbocycles. The van der Waals surface area contributed by atoms with Gasteiger partial charge in [0.05, 0.1) is 5.60 Å². The van der Waals surface area contributed by atoms with Crippen LogP contribution in [0.1, 0.15) is 44.9 Å². The second kappa shape index (κ2) is 5.32. The molecule has 106 valence electrons. The van der Waals surface area contributed by atoms with Gasteiger partial charge in [-0.05, 0) is 25.0 Å². The number of hydrogen-bond acceptors (Lipinski definition) is 6. The summed E-state index contributed by atoms with van der Waals surface area (Å²) in [5, 5.41) is 7.36. The number of nitrogens with zero attached hydrogens (tertiary/aromatic N) is 2. The minimum absolute atomic E-state index is 0.0848. The van der Waals surface area contributed by atoms with Crippen LogP contribution in [-0.2, 0) is 4.74 Å². The fourth-order valence-corrected chi connectivity index (χ4v) is 4.10. The van der Waals surface area contributed by atoms with Crippen molar-refractivity contribution in [2.24, 2.45) is 0 Å². The van der Waals surface area contributed by atoms with E-state index in [1.54, 1.807) is 0 Å². The molecule has 2 aliphatic heterocycles. The van der Waals surface area contributed by atoms with Crippen molar-refractivity contribution < 1.29 is 9.26 Å². The van der Waals surface area contributed by atoms with Crippen molar-refractivity contribution in [3.63, 3.8) is 0 Å². The average molecular weight is 283 g/mol. The van der Waals surface area contributed by atoms with Crippen LogP contribution in [0, 0.1) is 0 Å². The van der Waals surface area contributed by atoms with Crippen LogP contribution in [0.2, 0.25) is 0 Å². The number of nitrogens with one attached hydrogen (secondary N) is 1. The SMILES string of the molecule is CC(C)c1noc(N[C@@H]2CCO[C@]3(CCSC3)C2)n1. The van der Waals surface area contributed by atoms with E-state index in [4.69, 9.17) is 9.26 Å². The lowest BCUT2D eigenvalue weighted by atomic mass is 9.90. The maximum absolute atomic E-state index is 6.01. The summed E-state index contributed by atoms with van der Waals surface area (Å²) in [7, 11) is 0. The molecular formula is C13H21N3O2S. The summed E-state index contributed by atoms with van der Waals surface area (Å²) in [5.41, 5.74) is 0.0848. The van der Waals surface area contributed by atoms with Gasteiger partial charge in [0.1, 0.15) is 0 Å². The van der Waals surface area contributed by atoms with E-state index < -0.39 is 0 Å². The number of anilines is 1. The van der Waals surface area contributed by atoms with Gasteiger partial charge in [-0.25, -0.2) is 0 Å². The standard InChI is InChI=1S/C13H21N3O2S/c1-9(2)11-15-12(18-16-11)14-10-3-5-17-13(7-10)4-6-19-8-13/h9-10H,3-8H2,1-2H3,(H,14,15,16)/t10-,13-/m1/s1. The normalized spacial score (nSPS) is 31.2. The Morgan fingerprint density at radius 2 is 2.37 bits per heavy atom. The van der Waals surface area contributed by atoms with Crippen LogP contribution in [-0.4, -0.2) is 39.9 Å². The highest BCUT2D eigenvalue weighted by molar-refractivity contribution is 7.99. The maximum Gasteiger partial charge on any atom is 0.321 e. The maximum atomic E-state index is 6.01. The zero-order chi connectivity index (χ0) is 13.3. The number of rotatable bonds is 3. The predicted octanol–water partition coefficient (Wildman–Crippen LogP) is 2.66. The molecule has 0 bridgehead atoms. The highest BCUT2D eigenvalue weighted by Crippen LogP contribution is 2.38. The number of hydrogen-bond donors (Lipinski definition) is 1. The summed E-state index contributed by atoms with van der Waals surface area (Å²) in [6, 6.07) is 0.935. The molecule has 2 fully saturated rings. The fourth-order valence-electron chi connectivity index (χ4n) is 2.72. The number of aromatic nitrogens is 2. The van der Waals surface area contributed by atoms with Gasteiger partial charge < -0.3 is 14.6 Å². The molecule has 0 unspecified atom stereocenters. The Kier molecular flexibility index (Phi) is 3.71. The molecule has 1 aromatic rings. The van der Waals surface area contributed by atoms with Crippen LogP contribution >= 0.6 is 11.8 Å². The third-order valence-corrected chi connectivity index (χ3v) is 5.07. The first kappa shape index (κ1) is 13.2. The van der Waals surface area contributed by atoms with Gasteiger partial charge in [-0.1, -0.05) is 19.0 Å². The van der Waals surface area contributed by atoms with E-state index in [1.807, 2.05) is 11.8 Å². The van der Waals surface area contributed by atoms with Gasteiger partial charge in [0, 0.05) is 24.3 Å². The average Bonchev–Trinajstić information content (AvgIpc) is 3.00. The van der Waals surface area contributed by atoms with Gasteiger partial charge in [-0.2, -0.15) is 16.7 Å². The van der Waals surface area contributed by atoms with Crippen molar-refractivity contribution in [2.45, 2.75) is 50.7 Å². The van der Waals surface area contributed by atoms with Gasteiger partial charge in [0.2, 0.25) is 0 Å². The van der Waals surface area contributed by atoms with Crippen LogP contribution in [0.3, 0.4) is 0 Å². The number of ether oxygens (including phenoxy) is 1. The third-order valence-electron chi connectivity index (χ3n) is 3.85. The molecule has 5 nitrogen and oxygen atoms in total. The molecule has 0 aromatic carbocycles. The Morgan fingerprint density at radius 1 is 1.47 bits per heavy atom. The Balaban J connectivity index is 1.62. The zero-order valence-electron chi connectivity index (χ0n) is 11.5. The van der Waals surface area contributed by atoms with Crippen molar-refractivity contribution in [3.05, 3.63) is 5.82 Å². The highest BCUT2D eigenvalue weighted by Gasteiger charge is 2.40. The molecule has 2 saturated heterocycles. The molecule has 0 amide bonds. The molecular weight excluding hydrogens is 262 g/mol. The molecule has 3 heterocycles. The zero-order valence-corrected chi connectivity index (χ0v) is 12.3. The van der Waals surface area contributed by atoms with E-state index >= 15 is 0 Å². The van der Waals surface area contributed by atoms with E-state index in [2.05, 4.69) is 29.3 Å². The second-order valence-electron chi connectivity index (χ2n) is 5.78. The lowest BCUT2D eigenvalue weighted by molar-refractivity contribution is -0.0630. The first-order valence-electron chi connectivity index (χ1n) is 6.99. The van der Waals surface area contributed by atoms with Crippen molar-refractivity contribution in [1.29, 1.82) is 0 Å². The summed E-state index contributed by atoms with van der Waals surface area (Å²) in [6.45, 7) is 4.95. The summed E-state index contributed by atoms with van der Waals surface area (Å²) >= 11 is 1.99. The highest BCUT2D eigenvalue weighted by atomic mass is 32.2. The molecule has 0 aliphatic carbocycles. The molecule has 2 aliphatic rings.